The Morgan fingerprint density at radius 1 is 1.10 bits per heavy atom. The van der Waals surface area contributed by atoms with Crippen LogP contribution in [0.25, 0.3) is 0 Å². The zero-order chi connectivity index (χ0) is 21.2. The van der Waals surface area contributed by atoms with E-state index in [9.17, 15) is 4.79 Å². The number of aryl methyl sites for hydroxylation is 2. The minimum atomic E-state index is -0.154. The fourth-order valence-electron chi connectivity index (χ4n) is 4.09. The van der Waals surface area contributed by atoms with Gasteiger partial charge in [0.15, 0.2) is 0 Å². The molecule has 5 rings (SSSR count). The summed E-state index contributed by atoms with van der Waals surface area (Å²) in [7, 11) is 0. The van der Waals surface area contributed by atoms with Crippen LogP contribution < -0.4 is 10.3 Å². The largest absolute Gasteiger partial charge is 0.485 e. The van der Waals surface area contributed by atoms with Crippen LogP contribution in [0, 0.1) is 0 Å². The van der Waals surface area contributed by atoms with Crippen LogP contribution in [0.15, 0.2) is 58.1 Å². The number of rotatable bonds is 7. The van der Waals surface area contributed by atoms with Crippen molar-refractivity contribution in [3.05, 3.63) is 86.0 Å². The molecule has 160 valence electrons. The number of nitrogens with zero attached hydrogens (tertiary/aromatic N) is 4. The molecule has 31 heavy (non-hydrogen) atoms. The second-order valence-electron chi connectivity index (χ2n) is 8.31. The van der Waals surface area contributed by atoms with E-state index in [-0.39, 0.29) is 5.56 Å². The summed E-state index contributed by atoms with van der Waals surface area (Å²) in [6.45, 7) is 3.10. The van der Waals surface area contributed by atoms with Gasteiger partial charge in [0.2, 0.25) is 0 Å². The second-order valence-corrected chi connectivity index (χ2v) is 9.23. The molecule has 7 heteroatoms. The lowest BCUT2D eigenvalue weighted by Gasteiger charge is -2.29. The van der Waals surface area contributed by atoms with Gasteiger partial charge in [0.05, 0.1) is 11.9 Å². The summed E-state index contributed by atoms with van der Waals surface area (Å²) in [6, 6.07) is 12.9. The van der Waals surface area contributed by atoms with Crippen molar-refractivity contribution in [2.45, 2.75) is 51.4 Å². The minimum Gasteiger partial charge on any atom is -0.485 e. The first kappa shape index (κ1) is 20.4. The average molecular weight is 481 g/mol. The Bertz CT molecular complexity index is 1130. The summed E-state index contributed by atoms with van der Waals surface area (Å²) in [5, 5.41) is 4.29. The van der Waals surface area contributed by atoms with Crippen LogP contribution in [0.2, 0.25) is 0 Å². The maximum absolute atomic E-state index is 12.5. The molecule has 1 aromatic carbocycles. The maximum Gasteiger partial charge on any atom is 0.270 e. The molecule has 1 aliphatic heterocycles. The SMILES string of the molecule is O=c1cc(OCc2ccc(Br)cn2)cnn1CCc1ccc2c(c1)CN(C1CC1)CC2. The van der Waals surface area contributed by atoms with Gasteiger partial charge in [-0.2, -0.15) is 5.10 Å². The normalized spacial score (nSPS) is 16.2. The highest BCUT2D eigenvalue weighted by Gasteiger charge is 2.31. The number of aromatic nitrogens is 3. The third kappa shape index (κ3) is 5.05. The Morgan fingerprint density at radius 3 is 2.77 bits per heavy atom. The molecule has 0 unspecified atom stereocenters. The van der Waals surface area contributed by atoms with Gasteiger partial charge in [-0.05, 0) is 70.4 Å². The molecular formula is C24H25BrN4O2. The average Bonchev–Trinajstić information content (AvgIpc) is 3.63. The van der Waals surface area contributed by atoms with Gasteiger partial charge in [0, 0.05) is 42.4 Å². The Balaban J connectivity index is 1.19. The van der Waals surface area contributed by atoms with Gasteiger partial charge < -0.3 is 4.74 Å². The van der Waals surface area contributed by atoms with Crippen molar-refractivity contribution < 1.29 is 4.74 Å². The molecule has 2 aliphatic rings. The predicted octanol–water partition coefficient (Wildman–Crippen LogP) is 3.74. The molecule has 0 N–H and O–H groups in total. The smallest absolute Gasteiger partial charge is 0.270 e. The Morgan fingerprint density at radius 2 is 2.00 bits per heavy atom. The van der Waals surface area contributed by atoms with Crippen molar-refractivity contribution in [1.82, 2.24) is 19.7 Å². The molecule has 0 amide bonds. The van der Waals surface area contributed by atoms with Crippen molar-refractivity contribution in [3.8, 4) is 5.75 Å². The van der Waals surface area contributed by atoms with E-state index in [4.69, 9.17) is 4.74 Å². The zero-order valence-corrected chi connectivity index (χ0v) is 18.9. The Kier molecular flexibility index (Phi) is 5.87. The van der Waals surface area contributed by atoms with Crippen LogP contribution in [0.3, 0.4) is 0 Å². The molecule has 1 fully saturated rings. The van der Waals surface area contributed by atoms with Gasteiger partial charge in [-0.25, -0.2) is 4.68 Å². The van der Waals surface area contributed by atoms with Crippen LogP contribution in [0.4, 0.5) is 0 Å². The van der Waals surface area contributed by atoms with E-state index in [2.05, 4.69) is 49.1 Å². The van der Waals surface area contributed by atoms with E-state index in [0.29, 0.717) is 18.9 Å². The topological polar surface area (TPSA) is 60.2 Å². The molecular weight excluding hydrogens is 456 g/mol. The highest BCUT2D eigenvalue weighted by Crippen LogP contribution is 2.31. The van der Waals surface area contributed by atoms with Crippen molar-refractivity contribution in [1.29, 1.82) is 0 Å². The number of ether oxygens (including phenoxy) is 1. The lowest BCUT2D eigenvalue weighted by Crippen LogP contribution is -2.32. The lowest BCUT2D eigenvalue weighted by molar-refractivity contribution is 0.243. The summed E-state index contributed by atoms with van der Waals surface area (Å²) >= 11 is 3.36. The van der Waals surface area contributed by atoms with Gasteiger partial charge in [-0.1, -0.05) is 18.2 Å². The van der Waals surface area contributed by atoms with Crippen molar-refractivity contribution >= 4 is 15.9 Å². The molecule has 0 spiro atoms. The molecule has 3 heterocycles. The quantitative estimate of drug-likeness (QED) is 0.515. The van der Waals surface area contributed by atoms with Crippen molar-refractivity contribution in [3.63, 3.8) is 0 Å². The zero-order valence-electron chi connectivity index (χ0n) is 17.3. The van der Waals surface area contributed by atoms with E-state index in [1.807, 2.05) is 12.1 Å². The van der Waals surface area contributed by atoms with Crippen molar-refractivity contribution in [2.75, 3.05) is 6.54 Å². The predicted molar refractivity (Wildman–Crippen MR) is 122 cm³/mol. The van der Waals surface area contributed by atoms with Gasteiger partial charge in [-0.3, -0.25) is 14.7 Å². The third-order valence-electron chi connectivity index (χ3n) is 6.01. The molecule has 2 aromatic heterocycles. The standard InChI is InChI=1S/C24H25BrN4O2/c25-20-3-4-21(26-13-20)16-31-23-12-24(30)29(27-14-23)10-7-17-1-2-18-8-9-28(22-5-6-22)15-19(18)11-17/h1-4,11-14,22H,5-10,15-16H2. The lowest BCUT2D eigenvalue weighted by atomic mass is 9.96. The molecule has 0 saturated heterocycles. The second kappa shape index (κ2) is 8.93. The molecule has 0 atom stereocenters. The summed E-state index contributed by atoms with van der Waals surface area (Å²) in [6.07, 6.45) is 7.95. The molecule has 0 bridgehead atoms. The first-order chi connectivity index (χ1) is 15.1. The van der Waals surface area contributed by atoms with E-state index in [1.54, 1.807) is 12.4 Å². The fourth-order valence-corrected chi connectivity index (χ4v) is 4.32. The van der Waals surface area contributed by atoms with E-state index in [0.717, 1.165) is 35.6 Å². The molecule has 3 aromatic rings. The number of pyridine rings is 1. The summed E-state index contributed by atoms with van der Waals surface area (Å²) in [4.78, 5) is 19.3. The highest BCUT2D eigenvalue weighted by molar-refractivity contribution is 9.10. The van der Waals surface area contributed by atoms with Gasteiger partial charge in [0.25, 0.3) is 5.56 Å². The molecule has 0 radical (unpaired) electrons. The number of hydrogen-bond acceptors (Lipinski definition) is 5. The minimum absolute atomic E-state index is 0.154. The fraction of sp³-hybridized carbons (Fsp3) is 0.375. The van der Waals surface area contributed by atoms with E-state index in [1.165, 1.54) is 46.8 Å². The Hall–Kier alpha value is -2.51. The third-order valence-corrected chi connectivity index (χ3v) is 6.48. The van der Waals surface area contributed by atoms with Crippen LogP contribution in [0.1, 0.15) is 35.2 Å². The number of fused-ring (bicyclic) bond motifs is 1. The van der Waals surface area contributed by atoms with E-state index < -0.39 is 0 Å². The summed E-state index contributed by atoms with van der Waals surface area (Å²) in [5.74, 6) is 0.458. The first-order valence-corrected chi connectivity index (χ1v) is 11.6. The van der Waals surface area contributed by atoms with Crippen LogP contribution >= 0.6 is 15.9 Å². The highest BCUT2D eigenvalue weighted by atomic mass is 79.9. The molecule has 1 aliphatic carbocycles. The van der Waals surface area contributed by atoms with E-state index >= 15 is 0 Å². The first-order valence-electron chi connectivity index (χ1n) is 10.8. The van der Waals surface area contributed by atoms with Gasteiger partial charge in [-0.15, -0.1) is 0 Å². The monoisotopic (exact) mass is 480 g/mol. The summed E-state index contributed by atoms with van der Waals surface area (Å²) < 4.78 is 8.09. The maximum atomic E-state index is 12.5. The van der Waals surface area contributed by atoms with Gasteiger partial charge >= 0.3 is 0 Å². The summed E-state index contributed by atoms with van der Waals surface area (Å²) in [5.41, 5.74) is 4.81. The molecule has 6 nitrogen and oxygen atoms in total. The molecule has 1 saturated carbocycles. The van der Waals surface area contributed by atoms with Crippen LogP contribution in [0.5, 0.6) is 5.75 Å². The Labute approximate surface area is 190 Å². The number of benzene rings is 1. The number of hydrogen-bond donors (Lipinski definition) is 0. The van der Waals surface area contributed by atoms with Crippen molar-refractivity contribution in [2.24, 2.45) is 0 Å². The van der Waals surface area contributed by atoms with Gasteiger partial charge in [0.1, 0.15) is 12.4 Å². The van der Waals surface area contributed by atoms with Crippen LogP contribution in [-0.2, 0) is 32.5 Å². The van der Waals surface area contributed by atoms with Crippen LogP contribution in [-0.4, -0.2) is 32.3 Å². The number of halogens is 1.